The molecule has 2 N–H and O–H groups in total. The minimum Gasteiger partial charge on any atom is -0.481 e. The molecule has 1 heterocycles. The number of hydrogen-bond acceptors (Lipinski definition) is 3. The first-order valence-corrected chi connectivity index (χ1v) is 5.74. The van der Waals surface area contributed by atoms with Crippen LogP contribution in [-0.4, -0.2) is 45.5 Å². The zero-order valence-corrected chi connectivity index (χ0v) is 9.76. The van der Waals surface area contributed by atoms with Gasteiger partial charge in [0.1, 0.15) is 0 Å². The van der Waals surface area contributed by atoms with Gasteiger partial charge in [0.05, 0.1) is 6.04 Å². The van der Waals surface area contributed by atoms with Gasteiger partial charge in [0.15, 0.2) is 5.92 Å². The lowest BCUT2D eigenvalue weighted by molar-refractivity contribution is -0.158. The van der Waals surface area contributed by atoms with Crippen molar-refractivity contribution in [1.82, 2.24) is 4.90 Å². The van der Waals surface area contributed by atoms with Crippen molar-refractivity contribution < 1.29 is 24.6 Å². The zero-order chi connectivity index (χ0) is 13.0. The van der Waals surface area contributed by atoms with Crippen LogP contribution in [0.2, 0.25) is 0 Å². The van der Waals surface area contributed by atoms with E-state index in [0.717, 1.165) is 0 Å². The SMILES string of the molecule is CCCC(C(C(=O)O)C(=O)O)N1CCCC1=O. The maximum Gasteiger partial charge on any atom is 0.320 e. The van der Waals surface area contributed by atoms with Gasteiger partial charge in [-0.1, -0.05) is 13.3 Å². The molecule has 0 bridgehead atoms. The number of nitrogens with zero attached hydrogens (tertiary/aromatic N) is 1. The van der Waals surface area contributed by atoms with Crippen molar-refractivity contribution in [3.63, 3.8) is 0 Å². The highest BCUT2D eigenvalue weighted by Crippen LogP contribution is 2.23. The van der Waals surface area contributed by atoms with E-state index in [1.54, 1.807) is 0 Å². The minimum atomic E-state index is -1.53. The molecule has 1 rings (SSSR count). The van der Waals surface area contributed by atoms with Gasteiger partial charge in [-0.25, -0.2) is 0 Å². The number of likely N-dealkylation sites (tertiary alicyclic amines) is 1. The molecular formula is C11H17NO5. The second kappa shape index (κ2) is 5.65. The smallest absolute Gasteiger partial charge is 0.320 e. The molecule has 6 nitrogen and oxygen atoms in total. The Balaban J connectivity index is 2.93. The molecule has 0 aromatic heterocycles. The lowest BCUT2D eigenvalue weighted by atomic mass is 9.94. The Morgan fingerprint density at radius 3 is 2.29 bits per heavy atom. The predicted molar refractivity (Wildman–Crippen MR) is 58.4 cm³/mol. The Morgan fingerprint density at radius 2 is 1.94 bits per heavy atom. The van der Waals surface area contributed by atoms with E-state index in [2.05, 4.69) is 0 Å². The van der Waals surface area contributed by atoms with Crippen LogP contribution in [0, 0.1) is 5.92 Å². The summed E-state index contributed by atoms with van der Waals surface area (Å²) in [4.78, 5) is 35.0. The number of carboxylic acid groups (broad SMARTS) is 2. The molecule has 6 heteroatoms. The van der Waals surface area contributed by atoms with Crippen molar-refractivity contribution in [1.29, 1.82) is 0 Å². The third kappa shape index (κ3) is 2.95. The first-order chi connectivity index (χ1) is 7.99. The maximum absolute atomic E-state index is 11.6. The number of carbonyl (C=O) groups is 3. The van der Waals surface area contributed by atoms with Crippen LogP contribution in [0.1, 0.15) is 32.6 Å². The van der Waals surface area contributed by atoms with Gasteiger partial charge in [-0.3, -0.25) is 14.4 Å². The Hall–Kier alpha value is -1.59. The van der Waals surface area contributed by atoms with E-state index in [4.69, 9.17) is 10.2 Å². The Bertz CT molecular complexity index is 314. The van der Waals surface area contributed by atoms with Crippen LogP contribution in [-0.2, 0) is 14.4 Å². The standard InChI is InChI=1S/C11H17NO5/c1-2-4-7(9(10(14)15)11(16)17)12-6-3-5-8(12)13/h7,9H,2-6H2,1H3,(H,14,15)(H,16,17). The molecule has 1 fully saturated rings. The van der Waals surface area contributed by atoms with Crippen LogP contribution >= 0.6 is 0 Å². The fourth-order valence-electron chi connectivity index (χ4n) is 2.25. The van der Waals surface area contributed by atoms with Gasteiger partial charge in [-0.05, 0) is 12.8 Å². The average molecular weight is 243 g/mol. The molecule has 1 aliphatic rings. The van der Waals surface area contributed by atoms with Gasteiger partial charge in [0.25, 0.3) is 0 Å². The molecule has 1 unspecified atom stereocenters. The van der Waals surface area contributed by atoms with Crippen LogP contribution in [0.5, 0.6) is 0 Å². The lowest BCUT2D eigenvalue weighted by Gasteiger charge is -2.30. The topological polar surface area (TPSA) is 94.9 Å². The number of aliphatic carboxylic acids is 2. The first kappa shape index (κ1) is 13.5. The highest BCUT2D eigenvalue weighted by Gasteiger charge is 2.41. The van der Waals surface area contributed by atoms with Crippen molar-refractivity contribution in [2.45, 2.75) is 38.6 Å². The van der Waals surface area contributed by atoms with Gasteiger partial charge in [-0.15, -0.1) is 0 Å². The predicted octanol–water partition coefficient (Wildman–Crippen LogP) is 0.563. The van der Waals surface area contributed by atoms with Crippen LogP contribution in [0.25, 0.3) is 0 Å². The van der Waals surface area contributed by atoms with E-state index in [9.17, 15) is 14.4 Å². The van der Waals surface area contributed by atoms with Crippen molar-refractivity contribution >= 4 is 17.8 Å². The summed E-state index contributed by atoms with van der Waals surface area (Å²) >= 11 is 0. The largest absolute Gasteiger partial charge is 0.481 e. The number of hydrogen-bond donors (Lipinski definition) is 2. The van der Waals surface area contributed by atoms with Crippen LogP contribution in [0.3, 0.4) is 0 Å². The van der Waals surface area contributed by atoms with E-state index in [1.807, 2.05) is 6.92 Å². The number of carbonyl (C=O) groups excluding carboxylic acids is 1. The monoisotopic (exact) mass is 243 g/mol. The molecule has 1 atom stereocenters. The minimum absolute atomic E-state index is 0.143. The molecule has 1 aliphatic heterocycles. The van der Waals surface area contributed by atoms with Crippen molar-refractivity contribution in [2.24, 2.45) is 5.92 Å². The molecule has 0 aliphatic carbocycles. The highest BCUT2D eigenvalue weighted by molar-refractivity contribution is 5.94. The van der Waals surface area contributed by atoms with Gasteiger partial charge in [0.2, 0.25) is 5.91 Å². The first-order valence-electron chi connectivity index (χ1n) is 5.74. The van der Waals surface area contributed by atoms with E-state index in [-0.39, 0.29) is 5.91 Å². The van der Waals surface area contributed by atoms with Crippen LogP contribution in [0.15, 0.2) is 0 Å². The third-order valence-electron chi connectivity index (χ3n) is 3.01. The molecular weight excluding hydrogens is 226 g/mol. The van der Waals surface area contributed by atoms with Gasteiger partial charge in [-0.2, -0.15) is 0 Å². The molecule has 0 spiro atoms. The van der Waals surface area contributed by atoms with E-state index in [0.29, 0.717) is 32.2 Å². The van der Waals surface area contributed by atoms with Crippen LogP contribution in [0.4, 0.5) is 0 Å². The van der Waals surface area contributed by atoms with Crippen LogP contribution < -0.4 is 0 Å². The van der Waals surface area contributed by atoms with Crippen molar-refractivity contribution in [3.05, 3.63) is 0 Å². The number of rotatable bonds is 6. The van der Waals surface area contributed by atoms with Gasteiger partial charge in [0, 0.05) is 13.0 Å². The summed E-state index contributed by atoms with van der Waals surface area (Å²) in [7, 11) is 0. The summed E-state index contributed by atoms with van der Waals surface area (Å²) in [5, 5.41) is 17.9. The summed E-state index contributed by atoms with van der Waals surface area (Å²) in [5.74, 6) is -4.43. The van der Waals surface area contributed by atoms with Crippen molar-refractivity contribution in [2.75, 3.05) is 6.54 Å². The normalized spacial score (nSPS) is 17.5. The van der Waals surface area contributed by atoms with Gasteiger partial charge < -0.3 is 15.1 Å². The number of carboxylic acids is 2. The van der Waals surface area contributed by atoms with Gasteiger partial charge >= 0.3 is 11.9 Å². The highest BCUT2D eigenvalue weighted by atomic mass is 16.4. The molecule has 17 heavy (non-hydrogen) atoms. The fourth-order valence-corrected chi connectivity index (χ4v) is 2.25. The summed E-state index contributed by atoms with van der Waals surface area (Å²) in [6.07, 6.45) is 2.09. The second-order valence-corrected chi connectivity index (χ2v) is 4.20. The molecule has 1 saturated heterocycles. The summed E-state index contributed by atoms with van der Waals surface area (Å²) in [6.45, 7) is 2.30. The summed E-state index contributed by atoms with van der Waals surface area (Å²) in [5.41, 5.74) is 0. The summed E-state index contributed by atoms with van der Waals surface area (Å²) in [6, 6.07) is -0.731. The molecule has 0 radical (unpaired) electrons. The fraction of sp³-hybridized carbons (Fsp3) is 0.727. The van der Waals surface area contributed by atoms with Crippen molar-refractivity contribution in [3.8, 4) is 0 Å². The summed E-state index contributed by atoms with van der Waals surface area (Å²) < 4.78 is 0. The second-order valence-electron chi connectivity index (χ2n) is 4.20. The molecule has 1 amide bonds. The zero-order valence-electron chi connectivity index (χ0n) is 9.76. The Morgan fingerprint density at radius 1 is 1.35 bits per heavy atom. The van der Waals surface area contributed by atoms with E-state index >= 15 is 0 Å². The molecule has 96 valence electrons. The molecule has 0 saturated carbocycles. The van der Waals surface area contributed by atoms with E-state index < -0.39 is 23.9 Å². The van der Waals surface area contributed by atoms with E-state index in [1.165, 1.54) is 4.90 Å². The third-order valence-corrected chi connectivity index (χ3v) is 3.01. The maximum atomic E-state index is 11.6. The molecule has 0 aromatic rings. The Kier molecular flexibility index (Phi) is 4.48. The Labute approximate surface area is 99.2 Å². The average Bonchev–Trinajstić information content (AvgIpc) is 2.62. The molecule has 0 aromatic carbocycles. The number of amides is 1. The quantitative estimate of drug-likeness (QED) is 0.665. The lowest BCUT2D eigenvalue weighted by Crippen LogP contribution is -2.47.